The van der Waals surface area contributed by atoms with Gasteiger partial charge in [0, 0.05) is 19.5 Å². The Labute approximate surface area is 96.3 Å². The van der Waals surface area contributed by atoms with Crippen molar-refractivity contribution in [1.82, 2.24) is 9.97 Å². The third kappa shape index (κ3) is 3.34. The van der Waals surface area contributed by atoms with E-state index in [4.69, 9.17) is 5.11 Å². The highest BCUT2D eigenvalue weighted by Gasteiger charge is 2.07. The van der Waals surface area contributed by atoms with Crippen LogP contribution in [-0.2, 0) is 6.42 Å². The molecule has 1 rings (SSSR count). The van der Waals surface area contributed by atoms with Gasteiger partial charge in [0.1, 0.15) is 17.5 Å². The molecule has 0 radical (unpaired) electrons. The number of nitrogens with zero attached hydrogens (tertiary/aromatic N) is 2. The Morgan fingerprint density at radius 3 is 2.50 bits per heavy atom. The van der Waals surface area contributed by atoms with Gasteiger partial charge < -0.3 is 15.7 Å². The molecule has 1 unspecified atom stereocenters. The van der Waals surface area contributed by atoms with Gasteiger partial charge in [-0.25, -0.2) is 9.97 Å². The molecule has 0 spiro atoms. The van der Waals surface area contributed by atoms with E-state index in [1.54, 1.807) is 0 Å². The van der Waals surface area contributed by atoms with Gasteiger partial charge in [-0.1, -0.05) is 13.8 Å². The Morgan fingerprint density at radius 2 is 2.00 bits per heavy atom. The molecule has 0 aliphatic carbocycles. The quantitative estimate of drug-likeness (QED) is 0.678. The number of aromatic nitrogens is 2. The maximum absolute atomic E-state index is 9.12. The van der Waals surface area contributed by atoms with Crippen LogP contribution in [0.2, 0.25) is 0 Å². The van der Waals surface area contributed by atoms with Gasteiger partial charge in [0.2, 0.25) is 0 Å². The maximum atomic E-state index is 9.12. The zero-order valence-electron chi connectivity index (χ0n) is 10.1. The molecule has 0 aliphatic heterocycles. The molecule has 5 heteroatoms. The van der Waals surface area contributed by atoms with Crippen molar-refractivity contribution >= 4 is 11.6 Å². The molecular weight excluding hydrogens is 204 g/mol. The van der Waals surface area contributed by atoms with Gasteiger partial charge in [0.25, 0.3) is 0 Å². The number of hydrogen-bond acceptors (Lipinski definition) is 5. The van der Waals surface area contributed by atoms with Crippen LogP contribution in [0, 0.1) is 0 Å². The zero-order valence-corrected chi connectivity index (χ0v) is 10.1. The summed E-state index contributed by atoms with van der Waals surface area (Å²) in [5, 5.41) is 15.3. The predicted molar refractivity (Wildman–Crippen MR) is 65.7 cm³/mol. The van der Waals surface area contributed by atoms with E-state index in [2.05, 4.69) is 20.6 Å². The minimum atomic E-state index is 0.0457. The second-order valence-electron chi connectivity index (χ2n) is 3.59. The van der Waals surface area contributed by atoms with Crippen LogP contribution >= 0.6 is 0 Å². The minimum Gasteiger partial charge on any atom is -0.394 e. The van der Waals surface area contributed by atoms with E-state index >= 15 is 0 Å². The van der Waals surface area contributed by atoms with Crippen molar-refractivity contribution in [2.75, 3.05) is 24.3 Å². The smallest absolute Gasteiger partial charge is 0.132 e. The summed E-state index contributed by atoms with van der Waals surface area (Å²) in [6, 6.07) is 1.89. The molecule has 5 nitrogen and oxygen atoms in total. The van der Waals surface area contributed by atoms with Crippen LogP contribution in [0.4, 0.5) is 11.6 Å². The fourth-order valence-electron chi connectivity index (χ4n) is 1.34. The number of nitrogens with one attached hydrogen (secondary N) is 2. The highest BCUT2D eigenvalue weighted by Crippen LogP contribution is 2.12. The Balaban J connectivity index is 2.85. The fourth-order valence-corrected chi connectivity index (χ4v) is 1.34. The lowest BCUT2D eigenvalue weighted by atomic mass is 10.2. The van der Waals surface area contributed by atoms with Crippen molar-refractivity contribution in [1.29, 1.82) is 0 Å². The van der Waals surface area contributed by atoms with Crippen LogP contribution < -0.4 is 10.6 Å². The summed E-state index contributed by atoms with van der Waals surface area (Å²) in [4.78, 5) is 8.67. The van der Waals surface area contributed by atoms with E-state index < -0.39 is 0 Å². The van der Waals surface area contributed by atoms with Crippen molar-refractivity contribution in [3.05, 3.63) is 11.9 Å². The summed E-state index contributed by atoms with van der Waals surface area (Å²) in [7, 11) is 1.83. The number of rotatable bonds is 6. The Morgan fingerprint density at radius 1 is 1.31 bits per heavy atom. The summed E-state index contributed by atoms with van der Waals surface area (Å²) < 4.78 is 0. The maximum Gasteiger partial charge on any atom is 0.132 e. The summed E-state index contributed by atoms with van der Waals surface area (Å²) in [6.07, 6.45) is 1.65. The van der Waals surface area contributed by atoms with Crippen LogP contribution in [0.15, 0.2) is 6.07 Å². The molecule has 0 aliphatic rings. The first-order valence-electron chi connectivity index (χ1n) is 5.66. The average molecular weight is 224 g/mol. The Hall–Kier alpha value is -1.36. The molecule has 0 bridgehead atoms. The van der Waals surface area contributed by atoms with Gasteiger partial charge in [-0.2, -0.15) is 0 Å². The molecule has 1 aromatic heterocycles. The molecule has 0 amide bonds. The fraction of sp³-hybridized carbons (Fsp3) is 0.636. The van der Waals surface area contributed by atoms with Gasteiger partial charge in [0.05, 0.1) is 12.6 Å². The lowest BCUT2D eigenvalue weighted by Crippen LogP contribution is -2.23. The molecule has 0 saturated carbocycles. The van der Waals surface area contributed by atoms with Crippen LogP contribution in [0.5, 0.6) is 0 Å². The molecule has 1 heterocycles. The summed E-state index contributed by atoms with van der Waals surface area (Å²) >= 11 is 0. The normalized spacial score (nSPS) is 12.2. The van der Waals surface area contributed by atoms with Gasteiger partial charge in [-0.15, -0.1) is 0 Å². The van der Waals surface area contributed by atoms with E-state index in [-0.39, 0.29) is 12.6 Å². The highest BCUT2D eigenvalue weighted by atomic mass is 16.3. The minimum absolute atomic E-state index is 0.0457. The molecule has 1 atom stereocenters. The zero-order chi connectivity index (χ0) is 12.0. The number of aliphatic hydroxyl groups is 1. The molecule has 90 valence electrons. The number of aliphatic hydroxyl groups excluding tert-OH is 1. The molecule has 1 aromatic rings. The Kier molecular flexibility index (Phi) is 4.98. The number of anilines is 2. The molecule has 3 N–H and O–H groups in total. The molecular formula is C11H20N4O. The molecule has 0 aromatic carbocycles. The van der Waals surface area contributed by atoms with E-state index in [0.29, 0.717) is 0 Å². The first kappa shape index (κ1) is 12.7. The van der Waals surface area contributed by atoms with E-state index in [0.717, 1.165) is 30.3 Å². The first-order chi connectivity index (χ1) is 7.73. The van der Waals surface area contributed by atoms with E-state index in [9.17, 15) is 0 Å². The van der Waals surface area contributed by atoms with Crippen molar-refractivity contribution in [2.45, 2.75) is 32.7 Å². The van der Waals surface area contributed by atoms with Crippen molar-refractivity contribution in [3.63, 3.8) is 0 Å². The molecule has 0 saturated heterocycles. The standard InChI is InChI=1S/C11H20N4O/c1-4-8(7-16)13-11-6-10(12-3)14-9(5-2)15-11/h6,8,16H,4-5,7H2,1-3H3,(H2,12,13,14,15). The molecule has 0 fully saturated rings. The summed E-state index contributed by atoms with van der Waals surface area (Å²) in [6.45, 7) is 4.15. The monoisotopic (exact) mass is 224 g/mol. The lowest BCUT2D eigenvalue weighted by molar-refractivity contribution is 0.271. The summed E-state index contributed by atoms with van der Waals surface area (Å²) in [5.74, 6) is 2.35. The number of hydrogen-bond donors (Lipinski definition) is 3. The van der Waals surface area contributed by atoms with Gasteiger partial charge >= 0.3 is 0 Å². The third-order valence-electron chi connectivity index (χ3n) is 2.41. The predicted octanol–water partition coefficient (Wildman–Crippen LogP) is 1.26. The Bertz CT molecular complexity index is 304. The largest absolute Gasteiger partial charge is 0.394 e. The average Bonchev–Trinajstić information content (AvgIpc) is 2.35. The first-order valence-corrected chi connectivity index (χ1v) is 5.66. The van der Waals surface area contributed by atoms with Crippen molar-refractivity contribution in [2.24, 2.45) is 0 Å². The third-order valence-corrected chi connectivity index (χ3v) is 2.41. The van der Waals surface area contributed by atoms with Crippen LogP contribution in [0.25, 0.3) is 0 Å². The van der Waals surface area contributed by atoms with Crippen molar-refractivity contribution in [3.8, 4) is 0 Å². The number of aryl methyl sites for hydroxylation is 1. The van der Waals surface area contributed by atoms with Gasteiger partial charge in [0.15, 0.2) is 0 Å². The SMILES string of the molecule is CCc1nc(NC)cc(NC(CC)CO)n1. The van der Waals surface area contributed by atoms with Crippen LogP contribution in [-0.4, -0.2) is 34.8 Å². The second kappa shape index (κ2) is 6.27. The molecule has 16 heavy (non-hydrogen) atoms. The van der Waals surface area contributed by atoms with Crippen LogP contribution in [0.3, 0.4) is 0 Å². The topological polar surface area (TPSA) is 70.1 Å². The highest BCUT2D eigenvalue weighted by molar-refractivity contribution is 5.47. The summed E-state index contributed by atoms with van der Waals surface area (Å²) in [5.41, 5.74) is 0. The van der Waals surface area contributed by atoms with Crippen LogP contribution in [0.1, 0.15) is 26.1 Å². The van der Waals surface area contributed by atoms with Gasteiger partial charge in [-0.3, -0.25) is 0 Å². The van der Waals surface area contributed by atoms with E-state index in [1.807, 2.05) is 27.0 Å². The second-order valence-corrected chi connectivity index (χ2v) is 3.59. The van der Waals surface area contributed by atoms with E-state index in [1.165, 1.54) is 0 Å². The lowest BCUT2D eigenvalue weighted by Gasteiger charge is -2.15. The van der Waals surface area contributed by atoms with Gasteiger partial charge in [-0.05, 0) is 6.42 Å². The van der Waals surface area contributed by atoms with Crippen molar-refractivity contribution < 1.29 is 5.11 Å².